The second-order valence-corrected chi connectivity index (χ2v) is 5.40. The minimum atomic E-state index is -4.39. The van der Waals surface area contributed by atoms with Gasteiger partial charge in [-0.1, -0.05) is 46.7 Å². The van der Waals surface area contributed by atoms with Gasteiger partial charge in [-0.15, -0.1) is 0 Å². The number of hydrogen-bond acceptors (Lipinski definition) is 6. The Morgan fingerprint density at radius 2 is 1.75 bits per heavy atom. The molecule has 0 atom stereocenters. The predicted octanol–water partition coefficient (Wildman–Crippen LogP) is 3.78. The molecule has 0 amide bonds. The summed E-state index contributed by atoms with van der Waals surface area (Å²) in [5.41, 5.74) is 0.667. The van der Waals surface area contributed by atoms with Crippen molar-refractivity contribution in [3.05, 3.63) is 70.8 Å². The number of alkyl halides is 3. The Hall–Kier alpha value is -3.36. The van der Waals surface area contributed by atoms with Crippen LogP contribution in [0.4, 0.5) is 13.2 Å². The number of carbonyl (C=O) groups excluding carboxylic acids is 1. The van der Waals surface area contributed by atoms with Gasteiger partial charge >= 0.3 is 12.1 Å². The van der Waals surface area contributed by atoms with E-state index in [1.807, 2.05) is 0 Å². The van der Waals surface area contributed by atoms with E-state index in [-0.39, 0.29) is 12.3 Å². The van der Waals surface area contributed by atoms with E-state index in [1.54, 1.807) is 24.3 Å². The summed E-state index contributed by atoms with van der Waals surface area (Å²) in [5.74, 6) is -0.687. The number of halogens is 3. The average Bonchev–Trinajstić information content (AvgIpc) is 2.69. The Bertz CT molecular complexity index is 862. The van der Waals surface area contributed by atoms with Crippen molar-refractivity contribution in [3.63, 3.8) is 0 Å². The Balaban J connectivity index is 2.09. The first-order chi connectivity index (χ1) is 13.4. The molecular formula is C19H17F3N2O4. The molecule has 2 rings (SSSR count). The summed E-state index contributed by atoms with van der Waals surface area (Å²) < 4.78 is 42.3. The van der Waals surface area contributed by atoms with Crippen molar-refractivity contribution in [2.24, 2.45) is 10.3 Å². The Morgan fingerprint density at radius 3 is 2.36 bits per heavy atom. The lowest BCUT2D eigenvalue weighted by molar-refractivity contribution is -0.137. The number of benzene rings is 2. The summed E-state index contributed by atoms with van der Waals surface area (Å²) >= 11 is 0. The molecule has 0 radical (unpaired) electrons. The molecule has 0 spiro atoms. The summed E-state index contributed by atoms with van der Waals surface area (Å²) in [7, 11) is 2.52. The number of methoxy groups -OCH3 is 1. The molecule has 0 heterocycles. The van der Waals surface area contributed by atoms with Gasteiger partial charge in [0.15, 0.2) is 5.71 Å². The van der Waals surface area contributed by atoms with Crippen LogP contribution in [0, 0.1) is 0 Å². The number of ether oxygens (including phenoxy) is 1. The van der Waals surface area contributed by atoms with Crippen molar-refractivity contribution in [2.45, 2.75) is 12.8 Å². The molecule has 148 valence electrons. The maximum atomic E-state index is 12.5. The zero-order chi connectivity index (χ0) is 20.6. The van der Waals surface area contributed by atoms with E-state index in [0.29, 0.717) is 16.7 Å². The normalized spacial score (nSPS) is 12.1. The molecule has 0 aliphatic rings. The van der Waals surface area contributed by atoms with Gasteiger partial charge in [-0.3, -0.25) is 0 Å². The fourth-order valence-corrected chi connectivity index (χ4v) is 2.21. The number of carbonyl (C=O) groups is 1. The standard InChI is InChI=1S/C19H17F3N2O4/c1-26-18(25)17(24-27-2)16-6-4-3-5-14(16)11-23-28-12-13-7-9-15(10-8-13)19(20,21)22/h3-11H,12H2,1-2H3. The van der Waals surface area contributed by atoms with Crippen LogP contribution >= 0.6 is 0 Å². The first-order valence-corrected chi connectivity index (χ1v) is 7.97. The molecule has 0 saturated carbocycles. The smallest absolute Gasteiger partial charge is 0.416 e. The third-order valence-electron chi connectivity index (χ3n) is 3.56. The highest BCUT2D eigenvalue weighted by Crippen LogP contribution is 2.29. The van der Waals surface area contributed by atoms with Crippen molar-refractivity contribution >= 4 is 17.9 Å². The van der Waals surface area contributed by atoms with Gasteiger partial charge in [0, 0.05) is 11.1 Å². The van der Waals surface area contributed by atoms with Crippen LogP contribution in [0.3, 0.4) is 0 Å². The molecule has 28 heavy (non-hydrogen) atoms. The van der Waals surface area contributed by atoms with Gasteiger partial charge in [-0.05, 0) is 17.7 Å². The van der Waals surface area contributed by atoms with Crippen molar-refractivity contribution in [2.75, 3.05) is 14.2 Å². The minimum absolute atomic E-state index is 0.0210. The van der Waals surface area contributed by atoms with Crippen LogP contribution in [0.25, 0.3) is 0 Å². The first-order valence-electron chi connectivity index (χ1n) is 7.97. The van der Waals surface area contributed by atoms with E-state index in [4.69, 9.17) is 4.84 Å². The highest BCUT2D eigenvalue weighted by Gasteiger charge is 2.29. The zero-order valence-corrected chi connectivity index (χ0v) is 15.1. The Labute approximate surface area is 159 Å². The molecule has 0 bridgehead atoms. The first kappa shape index (κ1) is 20.9. The van der Waals surface area contributed by atoms with E-state index in [0.717, 1.165) is 12.1 Å². The molecule has 0 saturated heterocycles. The SMILES string of the molecule is CON=C(C(=O)OC)c1ccccc1C=NOCc1ccc(C(F)(F)F)cc1. The molecule has 0 unspecified atom stereocenters. The molecule has 6 nitrogen and oxygen atoms in total. The highest BCUT2D eigenvalue weighted by atomic mass is 19.4. The van der Waals surface area contributed by atoms with Crippen LogP contribution in [0.1, 0.15) is 22.3 Å². The molecule has 0 aliphatic heterocycles. The van der Waals surface area contributed by atoms with Crippen LogP contribution in [-0.2, 0) is 32.0 Å². The maximum Gasteiger partial charge on any atom is 0.416 e. The molecule has 9 heteroatoms. The second-order valence-electron chi connectivity index (χ2n) is 5.40. The van der Waals surface area contributed by atoms with Gasteiger partial charge in [0.25, 0.3) is 0 Å². The number of esters is 1. The summed E-state index contributed by atoms with van der Waals surface area (Å²) in [6, 6.07) is 11.3. The lowest BCUT2D eigenvalue weighted by Crippen LogP contribution is -2.19. The third kappa shape index (κ3) is 5.57. The van der Waals surface area contributed by atoms with Gasteiger partial charge in [0.2, 0.25) is 0 Å². The molecule has 2 aromatic carbocycles. The minimum Gasteiger partial charge on any atom is -0.464 e. The van der Waals surface area contributed by atoms with E-state index < -0.39 is 17.7 Å². The number of hydrogen-bond donors (Lipinski definition) is 0. The van der Waals surface area contributed by atoms with E-state index >= 15 is 0 Å². The van der Waals surface area contributed by atoms with Gasteiger partial charge in [-0.25, -0.2) is 4.79 Å². The molecule has 2 aromatic rings. The number of oxime groups is 2. The van der Waals surface area contributed by atoms with Gasteiger partial charge in [0.1, 0.15) is 13.7 Å². The fourth-order valence-electron chi connectivity index (χ4n) is 2.21. The monoisotopic (exact) mass is 394 g/mol. The largest absolute Gasteiger partial charge is 0.464 e. The van der Waals surface area contributed by atoms with Crippen LogP contribution < -0.4 is 0 Å². The van der Waals surface area contributed by atoms with Gasteiger partial charge < -0.3 is 14.4 Å². The summed E-state index contributed by atoms with van der Waals surface area (Å²) in [6.45, 7) is -0.0210. The van der Waals surface area contributed by atoms with Crippen LogP contribution in [0.2, 0.25) is 0 Å². The van der Waals surface area contributed by atoms with E-state index in [2.05, 4.69) is 19.9 Å². The summed E-state index contributed by atoms with van der Waals surface area (Å²) in [6.07, 6.45) is -3.03. The number of rotatable bonds is 7. The molecular weight excluding hydrogens is 377 g/mol. The van der Waals surface area contributed by atoms with Crippen molar-refractivity contribution < 1.29 is 32.4 Å². The Kier molecular flexibility index (Phi) is 7.14. The van der Waals surface area contributed by atoms with Crippen molar-refractivity contribution in [1.29, 1.82) is 0 Å². The molecule has 0 aromatic heterocycles. The molecule has 0 fully saturated rings. The lowest BCUT2D eigenvalue weighted by Gasteiger charge is -2.08. The quantitative estimate of drug-likeness (QED) is 0.407. The van der Waals surface area contributed by atoms with E-state index in [1.165, 1.54) is 32.6 Å². The van der Waals surface area contributed by atoms with Gasteiger partial charge in [0.05, 0.1) is 18.9 Å². The van der Waals surface area contributed by atoms with Crippen LogP contribution in [0.15, 0.2) is 58.8 Å². The third-order valence-corrected chi connectivity index (χ3v) is 3.56. The summed E-state index contributed by atoms with van der Waals surface area (Å²) in [5, 5.41) is 7.48. The summed E-state index contributed by atoms with van der Waals surface area (Å²) in [4.78, 5) is 21.7. The fraction of sp³-hybridized carbons (Fsp3) is 0.211. The second kappa shape index (κ2) is 9.54. The molecule has 0 aliphatic carbocycles. The van der Waals surface area contributed by atoms with Gasteiger partial charge in [-0.2, -0.15) is 13.2 Å². The zero-order valence-electron chi connectivity index (χ0n) is 15.1. The Morgan fingerprint density at radius 1 is 1.07 bits per heavy atom. The van der Waals surface area contributed by atoms with E-state index in [9.17, 15) is 18.0 Å². The highest BCUT2D eigenvalue weighted by molar-refractivity contribution is 6.44. The lowest BCUT2D eigenvalue weighted by atomic mass is 10.0. The topological polar surface area (TPSA) is 69.5 Å². The number of nitrogens with zero attached hydrogens (tertiary/aromatic N) is 2. The van der Waals surface area contributed by atoms with Crippen LogP contribution in [0.5, 0.6) is 0 Å². The average molecular weight is 394 g/mol. The van der Waals surface area contributed by atoms with Crippen molar-refractivity contribution in [3.8, 4) is 0 Å². The van der Waals surface area contributed by atoms with Crippen molar-refractivity contribution in [1.82, 2.24) is 0 Å². The molecule has 0 N–H and O–H groups in total. The predicted molar refractivity (Wildman–Crippen MR) is 95.8 cm³/mol. The van der Waals surface area contributed by atoms with Crippen LogP contribution in [-0.4, -0.2) is 32.1 Å². The maximum absolute atomic E-state index is 12.5.